The van der Waals surface area contributed by atoms with Gasteiger partial charge in [0.15, 0.2) is 0 Å². The van der Waals surface area contributed by atoms with Crippen molar-refractivity contribution in [3.05, 3.63) is 28.2 Å². The second kappa shape index (κ2) is 9.39. The van der Waals surface area contributed by atoms with E-state index in [0.29, 0.717) is 12.1 Å². The third-order valence-electron chi connectivity index (χ3n) is 3.99. The van der Waals surface area contributed by atoms with Crippen molar-refractivity contribution in [1.82, 2.24) is 5.32 Å². The summed E-state index contributed by atoms with van der Waals surface area (Å²) in [5, 5.41) is 2.81. The van der Waals surface area contributed by atoms with Crippen LogP contribution >= 0.6 is 28.3 Å². The fourth-order valence-corrected chi connectivity index (χ4v) is 3.28. The van der Waals surface area contributed by atoms with Crippen molar-refractivity contribution in [3.63, 3.8) is 0 Å². The van der Waals surface area contributed by atoms with Crippen LogP contribution in [0, 0.1) is 11.8 Å². The average Bonchev–Trinajstić information content (AvgIpc) is 2.95. The minimum absolute atomic E-state index is 0. The van der Waals surface area contributed by atoms with E-state index >= 15 is 0 Å². The number of nitrogens with one attached hydrogen (secondary N) is 1. The number of hydrogen-bond acceptors (Lipinski definition) is 3. The molecule has 23 heavy (non-hydrogen) atoms. The molecular formula is C15H20BrClF2N2O2. The molecule has 1 fully saturated rings. The number of halogens is 4. The highest BCUT2D eigenvalue weighted by Gasteiger charge is 2.31. The zero-order valence-electron chi connectivity index (χ0n) is 12.4. The summed E-state index contributed by atoms with van der Waals surface area (Å²) in [5.41, 5.74) is 6.18. The molecule has 1 aliphatic carbocycles. The van der Waals surface area contributed by atoms with Crippen molar-refractivity contribution < 1.29 is 18.3 Å². The SMILES string of the molecule is Cl.NC[C@H]1CCC[C@H]1C(=O)NCc1cc(Br)ccc1OC(F)F. The van der Waals surface area contributed by atoms with Crippen LogP contribution in [0.1, 0.15) is 24.8 Å². The van der Waals surface area contributed by atoms with Crippen molar-refractivity contribution in [1.29, 1.82) is 0 Å². The Kier molecular flexibility index (Phi) is 8.22. The second-order valence-corrected chi connectivity index (χ2v) is 6.30. The fourth-order valence-electron chi connectivity index (χ4n) is 2.87. The number of hydrogen-bond donors (Lipinski definition) is 2. The maximum absolute atomic E-state index is 12.4. The largest absolute Gasteiger partial charge is 0.434 e. The molecule has 0 radical (unpaired) electrons. The van der Waals surface area contributed by atoms with E-state index in [1.165, 1.54) is 6.07 Å². The first-order valence-corrected chi connectivity index (χ1v) is 8.01. The van der Waals surface area contributed by atoms with Gasteiger partial charge in [0, 0.05) is 22.5 Å². The molecule has 0 spiro atoms. The zero-order valence-corrected chi connectivity index (χ0v) is 14.8. The average molecular weight is 414 g/mol. The van der Waals surface area contributed by atoms with Crippen molar-refractivity contribution in [2.75, 3.05) is 6.54 Å². The summed E-state index contributed by atoms with van der Waals surface area (Å²) in [4.78, 5) is 12.2. The van der Waals surface area contributed by atoms with E-state index in [1.807, 2.05) is 0 Å². The molecule has 0 unspecified atom stereocenters. The number of carbonyl (C=O) groups excluding carboxylic acids is 1. The summed E-state index contributed by atoms with van der Waals surface area (Å²) in [6, 6.07) is 4.73. The predicted octanol–water partition coefficient (Wildman–Crippen LogP) is 3.46. The van der Waals surface area contributed by atoms with E-state index in [0.717, 1.165) is 23.7 Å². The van der Waals surface area contributed by atoms with E-state index in [9.17, 15) is 13.6 Å². The smallest absolute Gasteiger partial charge is 0.387 e. The highest BCUT2D eigenvalue weighted by molar-refractivity contribution is 9.10. The van der Waals surface area contributed by atoms with Gasteiger partial charge in [0.2, 0.25) is 5.91 Å². The fraction of sp³-hybridized carbons (Fsp3) is 0.533. The molecule has 0 saturated heterocycles. The van der Waals surface area contributed by atoms with Gasteiger partial charge < -0.3 is 15.8 Å². The minimum Gasteiger partial charge on any atom is -0.434 e. The summed E-state index contributed by atoms with van der Waals surface area (Å²) >= 11 is 3.28. The van der Waals surface area contributed by atoms with Gasteiger partial charge in [-0.2, -0.15) is 8.78 Å². The van der Waals surface area contributed by atoms with E-state index in [1.54, 1.807) is 12.1 Å². The van der Waals surface area contributed by atoms with E-state index in [4.69, 9.17) is 5.73 Å². The Labute approximate surface area is 148 Å². The Morgan fingerprint density at radius 1 is 1.43 bits per heavy atom. The van der Waals surface area contributed by atoms with Gasteiger partial charge in [0.25, 0.3) is 0 Å². The number of nitrogens with two attached hydrogens (primary N) is 1. The van der Waals surface area contributed by atoms with Gasteiger partial charge >= 0.3 is 6.61 Å². The van der Waals surface area contributed by atoms with Gasteiger partial charge in [-0.3, -0.25) is 4.79 Å². The lowest BCUT2D eigenvalue weighted by molar-refractivity contribution is -0.126. The standard InChI is InChI=1S/C15H19BrF2N2O2.ClH/c16-11-4-5-13(22-15(17)18)10(6-11)8-20-14(21)12-3-1-2-9(12)7-19;/h4-6,9,12,15H,1-3,7-8,19H2,(H,20,21);1H/t9-,12-;/m1./s1. The zero-order chi connectivity index (χ0) is 16.1. The van der Waals surface area contributed by atoms with Crippen molar-refractivity contribution in [3.8, 4) is 5.75 Å². The lowest BCUT2D eigenvalue weighted by Crippen LogP contribution is -2.34. The number of benzene rings is 1. The Balaban J connectivity index is 0.00000264. The normalized spacial score (nSPS) is 20.2. The molecule has 0 bridgehead atoms. The molecule has 1 aliphatic rings. The van der Waals surface area contributed by atoms with Crippen LogP contribution in [0.3, 0.4) is 0 Å². The van der Waals surface area contributed by atoms with Crippen molar-refractivity contribution in [2.24, 2.45) is 17.6 Å². The van der Waals surface area contributed by atoms with Gasteiger partial charge in [-0.1, -0.05) is 22.4 Å². The minimum atomic E-state index is -2.90. The number of rotatable bonds is 6. The van der Waals surface area contributed by atoms with Crippen LogP contribution in [0.5, 0.6) is 5.75 Å². The molecule has 2 rings (SSSR count). The molecule has 0 heterocycles. The quantitative estimate of drug-likeness (QED) is 0.750. The van der Waals surface area contributed by atoms with Gasteiger partial charge in [-0.25, -0.2) is 0 Å². The highest BCUT2D eigenvalue weighted by atomic mass is 79.9. The Morgan fingerprint density at radius 3 is 2.83 bits per heavy atom. The molecule has 0 aliphatic heterocycles. The van der Waals surface area contributed by atoms with Crippen molar-refractivity contribution in [2.45, 2.75) is 32.4 Å². The summed E-state index contributed by atoms with van der Waals surface area (Å²) < 4.78 is 30.0. The van der Waals surface area contributed by atoms with Crippen LogP contribution < -0.4 is 15.8 Å². The number of carbonyl (C=O) groups is 1. The molecule has 0 aromatic heterocycles. The Bertz CT molecular complexity index is 534. The van der Waals surface area contributed by atoms with Crippen LogP contribution in [-0.4, -0.2) is 19.1 Å². The van der Waals surface area contributed by atoms with E-state index in [-0.39, 0.29) is 42.4 Å². The number of amides is 1. The summed E-state index contributed by atoms with van der Waals surface area (Å²) in [7, 11) is 0. The second-order valence-electron chi connectivity index (χ2n) is 5.38. The first kappa shape index (κ1) is 20.1. The van der Waals surface area contributed by atoms with Crippen LogP contribution in [0.2, 0.25) is 0 Å². The van der Waals surface area contributed by atoms with Gasteiger partial charge in [-0.05, 0) is 43.5 Å². The summed E-state index contributed by atoms with van der Waals surface area (Å²) in [6.07, 6.45) is 2.79. The molecule has 3 N–H and O–H groups in total. The molecule has 2 atom stereocenters. The van der Waals surface area contributed by atoms with Gasteiger partial charge in [0.1, 0.15) is 5.75 Å². The first-order chi connectivity index (χ1) is 10.5. The van der Waals surface area contributed by atoms with E-state index in [2.05, 4.69) is 26.0 Å². The maximum Gasteiger partial charge on any atom is 0.387 e. The topological polar surface area (TPSA) is 64.4 Å². The predicted molar refractivity (Wildman–Crippen MR) is 89.8 cm³/mol. The molecule has 1 aromatic carbocycles. The van der Waals surface area contributed by atoms with Crippen LogP contribution in [0.25, 0.3) is 0 Å². The molecule has 4 nitrogen and oxygen atoms in total. The summed E-state index contributed by atoms with van der Waals surface area (Å²) in [6.45, 7) is -2.25. The van der Waals surface area contributed by atoms with E-state index < -0.39 is 6.61 Å². The van der Waals surface area contributed by atoms with Crippen molar-refractivity contribution >= 4 is 34.2 Å². The van der Waals surface area contributed by atoms with Crippen LogP contribution in [0.15, 0.2) is 22.7 Å². The Hall–Kier alpha value is -0.920. The molecular weight excluding hydrogens is 394 g/mol. The molecule has 130 valence electrons. The first-order valence-electron chi connectivity index (χ1n) is 7.22. The number of alkyl halides is 2. The van der Waals surface area contributed by atoms with Crippen LogP contribution in [-0.2, 0) is 11.3 Å². The molecule has 1 amide bonds. The third kappa shape index (κ3) is 5.58. The van der Waals surface area contributed by atoms with Gasteiger partial charge in [0.05, 0.1) is 0 Å². The molecule has 1 aromatic rings. The number of ether oxygens (including phenoxy) is 1. The molecule has 8 heteroatoms. The lowest BCUT2D eigenvalue weighted by Gasteiger charge is -2.18. The van der Waals surface area contributed by atoms with Crippen LogP contribution in [0.4, 0.5) is 8.78 Å². The monoisotopic (exact) mass is 412 g/mol. The van der Waals surface area contributed by atoms with Gasteiger partial charge in [-0.15, -0.1) is 12.4 Å². The third-order valence-corrected chi connectivity index (χ3v) is 4.48. The Morgan fingerprint density at radius 2 is 2.17 bits per heavy atom. The maximum atomic E-state index is 12.4. The molecule has 1 saturated carbocycles. The highest BCUT2D eigenvalue weighted by Crippen LogP contribution is 2.31. The summed E-state index contributed by atoms with van der Waals surface area (Å²) in [5.74, 6) is 0.118. The lowest BCUT2D eigenvalue weighted by atomic mass is 9.95.